The van der Waals surface area contributed by atoms with E-state index < -0.39 is 0 Å². The smallest absolute Gasteiger partial charge is 0.322 e. The standard InChI is InChI=1S/C15H22N6O3/c1-9(2)21-7-11(6-16-21)18-15(22)20-8-12(23-4)5-13(20)14-17-10(3)19-24-14/h6-7,9,12-13H,5,8H2,1-4H3,(H,18,22)/t12-,13-/m1/s1. The Hall–Kier alpha value is -2.42. The van der Waals surface area contributed by atoms with E-state index in [1.165, 1.54) is 0 Å². The Kier molecular flexibility index (Phi) is 4.52. The minimum atomic E-state index is -0.295. The molecule has 1 aliphatic heterocycles. The van der Waals surface area contributed by atoms with E-state index in [0.29, 0.717) is 30.4 Å². The monoisotopic (exact) mass is 334 g/mol. The summed E-state index contributed by atoms with van der Waals surface area (Å²) < 4.78 is 12.4. The maximum Gasteiger partial charge on any atom is 0.322 e. The zero-order valence-electron chi connectivity index (χ0n) is 14.3. The number of carbonyl (C=O) groups excluding carboxylic acids is 1. The molecule has 2 amide bonds. The van der Waals surface area contributed by atoms with Crippen LogP contribution in [0.1, 0.15) is 44.1 Å². The Morgan fingerprint density at radius 2 is 2.29 bits per heavy atom. The van der Waals surface area contributed by atoms with E-state index in [1.807, 2.05) is 13.8 Å². The zero-order chi connectivity index (χ0) is 17.3. The number of aryl methyl sites for hydroxylation is 1. The lowest BCUT2D eigenvalue weighted by atomic mass is 10.2. The molecule has 0 radical (unpaired) electrons. The summed E-state index contributed by atoms with van der Waals surface area (Å²) in [5.74, 6) is 0.976. The van der Waals surface area contributed by atoms with Crippen molar-refractivity contribution in [2.75, 3.05) is 19.0 Å². The highest BCUT2D eigenvalue weighted by Gasteiger charge is 2.39. The predicted octanol–water partition coefficient (Wildman–Crippen LogP) is 2.15. The maximum absolute atomic E-state index is 12.7. The lowest BCUT2D eigenvalue weighted by Gasteiger charge is -2.21. The number of nitrogens with zero attached hydrogens (tertiary/aromatic N) is 5. The fourth-order valence-electron chi connectivity index (χ4n) is 2.76. The molecule has 1 saturated heterocycles. The van der Waals surface area contributed by atoms with Crippen molar-refractivity contribution in [3.05, 3.63) is 24.1 Å². The number of amides is 2. The number of carbonyl (C=O) groups is 1. The third-order valence-electron chi connectivity index (χ3n) is 4.07. The Morgan fingerprint density at radius 3 is 2.88 bits per heavy atom. The SMILES string of the molecule is CO[C@@H]1C[C@H](c2nc(C)no2)N(C(=O)Nc2cnn(C(C)C)c2)C1. The normalized spacial score (nSPS) is 20.8. The second-order valence-corrected chi connectivity index (χ2v) is 6.17. The van der Waals surface area contributed by atoms with Crippen LogP contribution in [0.25, 0.3) is 0 Å². The summed E-state index contributed by atoms with van der Waals surface area (Å²) in [6.07, 6.45) is 3.99. The number of hydrogen-bond acceptors (Lipinski definition) is 6. The molecule has 1 fully saturated rings. The van der Waals surface area contributed by atoms with Crippen LogP contribution in [-0.2, 0) is 4.74 Å². The van der Waals surface area contributed by atoms with Gasteiger partial charge in [-0.3, -0.25) is 4.68 Å². The van der Waals surface area contributed by atoms with Gasteiger partial charge < -0.3 is 19.5 Å². The van der Waals surface area contributed by atoms with Gasteiger partial charge in [0.2, 0.25) is 5.89 Å². The molecule has 9 heteroatoms. The first-order valence-electron chi connectivity index (χ1n) is 7.92. The van der Waals surface area contributed by atoms with Gasteiger partial charge in [0.05, 0.1) is 18.0 Å². The number of anilines is 1. The van der Waals surface area contributed by atoms with Gasteiger partial charge >= 0.3 is 6.03 Å². The van der Waals surface area contributed by atoms with E-state index in [1.54, 1.807) is 36.0 Å². The van der Waals surface area contributed by atoms with Crippen LogP contribution < -0.4 is 5.32 Å². The summed E-state index contributed by atoms with van der Waals surface area (Å²) in [5.41, 5.74) is 0.648. The molecule has 1 N–H and O–H groups in total. The van der Waals surface area contributed by atoms with Gasteiger partial charge in [0.15, 0.2) is 5.82 Å². The number of nitrogens with one attached hydrogen (secondary N) is 1. The largest absolute Gasteiger partial charge is 0.380 e. The van der Waals surface area contributed by atoms with Crippen LogP contribution in [0.3, 0.4) is 0 Å². The highest BCUT2D eigenvalue weighted by Crippen LogP contribution is 2.33. The van der Waals surface area contributed by atoms with E-state index >= 15 is 0 Å². The van der Waals surface area contributed by atoms with Crippen LogP contribution in [-0.4, -0.2) is 50.6 Å². The van der Waals surface area contributed by atoms with Crippen LogP contribution in [0.5, 0.6) is 0 Å². The summed E-state index contributed by atoms with van der Waals surface area (Å²) >= 11 is 0. The van der Waals surface area contributed by atoms with Crippen LogP contribution in [0.2, 0.25) is 0 Å². The van der Waals surface area contributed by atoms with Gasteiger partial charge in [0.25, 0.3) is 0 Å². The number of methoxy groups -OCH3 is 1. The van der Waals surface area contributed by atoms with Crippen molar-refractivity contribution < 1.29 is 14.1 Å². The van der Waals surface area contributed by atoms with Crippen molar-refractivity contribution in [1.29, 1.82) is 0 Å². The Labute approximate surface area is 140 Å². The first-order chi connectivity index (χ1) is 11.5. The molecule has 0 aliphatic carbocycles. The maximum atomic E-state index is 12.7. The molecule has 24 heavy (non-hydrogen) atoms. The van der Waals surface area contributed by atoms with E-state index in [4.69, 9.17) is 9.26 Å². The van der Waals surface area contributed by atoms with Crippen LogP contribution in [0.15, 0.2) is 16.9 Å². The first-order valence-corrected chi connectivity index (χ1v) is 7.92. The summed E-state index contributed by atoms with van der Waals surface area (Å²) in [6, 6.07) is -0.301. The van der Waals surface area contributed by atoms with Gasteiger partial charge in [-0.15, -0.1) is 0 Å². The average molecular weight is 334 g/mol. The summed E-state index contributed by atoms with van der Waals surface area (Å²) in [6.45, 7) is 6.26. The molecule has 2 aromatic heterocycles. The van der Waals surface area contributed by atoms with Crippen LogP contribution in [0.4, 0.5) is 10.5 Å². The van der Waals surface area contributed by atoms with Crippen molar-refractivity contribution in [3.8, 4) is 0 Å². The van der Waals surface area contributed by atoms with Gasteiger partial charge in [-0.05, 0) is 20.8 Å². The van der Waals surface area contributed by atoms with Crippen molar-refractivity contribution in [3.63, 3.8) is 0 Å². The highest BCUT2D eigenvalue weighted by atomic mass is 16.5. The second-order valence-electron chi connectivity index (χ2n) is 6.17. The Balaban J connectivity index is 1.75. The number of hydrogen-bond donors (Lipinski definition) is 1. The van der Waals surface area contributed by atoms with Crippen molar-refractivity contribution in [2.45, 2.75) is 45.4 Å². The molecule has 0 aromatic carbocycles. The van der Waals surface area contributed by atoms with Gasteiger partial charge in [-0.1, -0.05) is 5.16 Å². The molecule has 0 bridgehead atoms. The molecule has 2 aromatic rings. The molecular formula is C15H22N6O3. The summed E-state index contributed by atoms with van der Waals surface area (Å²) in [7, 11) is 1.63. The first kappa shape index (κ1) is 16.4. The third-order valence-corrected chi connectivity index (χ3v) is 4.07. The van der Waals surface area contributed by atoms with Crippen molar-refractivity contribution in [1.82, 2.24) is 24.8 Å². The lowest BCUT2D eigenvalue weighted by molar-refractivity contribution is 0.111. The lowest BCUT2D eigenvalue weighted by Crippen LogP contribution is -2.35. The van der Waals surface area contributed by atoms with Crippen LogP contribution >= 0.6 is 0 Å². The Bertz CT molecular complexity index is 710. The predicted molar refractivity (Wildman–Crippen MR) is 85.5 cm³/mol. The molecule has 130 valence electrons. The average Bonchev–Trinajstić information content (AvgIpc) is 3.25. The van der Waals surface area contributed by atoms with Gasteiger partial charge in [0, 0.05) is 32.3 Å². The van der Waals surface area contributed by atoms with E-state index in [9.17, 15) is 4.79 Å². The van der Waals surface area contributed by atoms with E-state index in [2.05, 4.69) is 20.6 Å². The quantitative estimate of drug-likeness (QED) is 0.920. The molecule has 0 saturated carbocycles. The molecule has 0 spiro atoms. The number of likely N-dealkylation sites (tertiary alicyclic amines) is 1. The highest BCUT2D eigenvalue weighted by molar-refractivity contribution is 5.89. The fourth-order valence-corrected chi connectivity index (χ4v) is 2.76. The topological polar surface area (TPSA) is 98.3 Å². The van der Waals surface area contributed by atoms with Gasteiger partial charge in [-0.25, -0.2) is 4.79 Å². The van der Waals surface area contributed by atoms with Crippen LogP contribution in [0, 0.1) is 6.92 Å². The number of ether oxygens (including phenoxy) is 1. The van der Waals surface area contributed by atoms with Gasteiger partial charge in [-0.2, -0.15) is 10.1 Å². The number of aromatic nitrogens is 4. The second kappa shape index (κ2) is 6.60. The van der Waals surface area contributed by atoms with E-state index in [-0.39, 0.29) is 24.2 Å². The minimum absolute atomic E-state index is 0.0636. The molecule has 9 nitrogen and oxygen atoms in total. The van der Waals surface area contributed by atoms with Crippen molar-refractivity contribution >= 4 is 11.7 Å². The fraction of sp³-hybridized carbons (Fsp3) is 0.600. The number of rotatable bonds is 4. The van der Waals surface area contributed by atoms with E-state index in [0.717, 1.165) is 0 Å². The molecule has 2 atom stereocenters. The summed E-state index contributed by atoms with van der Waals surface area (Å²) in [4.78, 5) is 18.6. The zero-order valence-corrected chi connectivity index (χ0v) is 14.3. The molecule has 3 rings (SSSR count). The van der Waals surface area contributed by atoms with Crippen molar-refractivity contribution in [2.24, 2.45) is 0 Å². The molecule has 0 unspecified atom stereocenters. The summed E-state index contributed by atoms with van der Waals surface area (Å²) in [5, 5.41) is 10.9. The Morgan fingerprint density at radius 1 is 1.50 bits per heavy atom. The molecule has 3 heterocycles. The minimum Gasteiger partial charge on any atom is -0.380 e. The number of urea groups is 1. The van der Waals surface area contributed by atoms with Gasteiger partial charge in [0.1, 0.15) is 6.04 Å². The third kappa shape index (κ3) is 3.25. The molecule has 1 aliphatic rings. The molecular weight excluding hydrogens is 312 g/mol.